The maximum absolute atomic E-state index is 13.5. The normalized spacial score (nSPS) is 17.9. The molecule has 192 valence electrons. The average molecular weight is 484 g/mol. The smallest absolute Gasteiger partial charge is 0.329 e. The molecule has 1 aliphatic rings. The third-order valence-electron chi connectivity index (χ3n) is 6.62. The Morgan fingerprint density at radius 2 is 1.62 bits per heavy atom. The molecule has 2 rings (SSSR count). The van der Waals surface area contributed by atoms with Crippen molar-refractivity contribution in [2.45, 2.75) is 96.9 Å². The standard InChI is InChI=1S/C26H39F2NO5/c1-6-9-10-19(23(30)29-25(24(31)32)15-26(27,28)16-25)12-11-17(4)20-13-21(33-7-2)18(5)22(14-20)34-8-3/h13-14,17,19H,6-12,15-16H2,1-5H3,(H,29,30)(H,31,32)/t17-,19?/m0/s1. The first-order chi connectivity index (χ1) is 16.0. The van der Waals surface area contributed by atoms with Crippen LogP contribution in [-0.4, -0.2) is 41.7 Å². The van der Waals surface area contributed by atoms with Gasteiger partial charge < -0.3 is 19.9 Å². The average Bonchev–Trinajstić information content (AvgIpc) is 2.74. The molecule has 0 spiro atoms. The molecule has 0 radical (unpaired) electrons. The molecular weight excluding hydrogens is 444 g/mol. The Kier molecular flexibility index (Phi) is 9.71. The number of hydrogen-bond donors (Lipinski definition) is 2. The predicted molar refractivity (Wildman–Crippen MR) is 127 cm³/mol. The van der Waals surface area contributed by atoms with Crippen LogP contribution in [0.1, 0.15) is 89.7 Å². The van der Waals surface area contributed by atoms with Gasteiger partial charge in [-0.15, -0.1) is 0 Å². The Bertz CT molecular complexity index is 823. The first-order valence-corrected chi connectivity index (χ1v) is 12.3. The van der Waals surface area contributed by atoms with Crippen molar-refractivity contribution < 1.29 is 33.0 Å². The van der Waals surface area contributed by atoms with Gasteiger partial charge in [-0.25, -0.2) is 13.6 Å². The lowest BCUT2D eigenvalue weighted by atomic mass is 9.73. The van der Waals surface area contributed by atoms with Crippen molar-refractivity contribution in [1.29, 1.82) is 0 Å². The second-order valence-corrected chi connectivity index (χ2v) is 9.41. The van der Waals surface area contributed by atoms with E-state index in [-0.39, 0.29) is 5.92 Å². The maximum Gasteiger partial charge on any atom is 0.329 e. The number of aliphatic carboxylic acids is 1. The number of carboxylic acid groups (broad SMARTS) is 1. The molecule has 0 saturated heterocycles. The first kappa shape index (κ1) is 27.9. The van der Waals surface area contributed by atoms with E-state index in [0.717, 1.165) is 35.5 Å². The quantitative estimate of drug-likeness (QED) is 0.347. The number of hydrogen-bond acceptors (Lipinski definition) is 4. The lowest BCUT2D eigenvalue weighted by Crippen LogP contribution is -2.67. The van der Waals surface area contributed by atoms with E-state index in [1.165, 1.54) is 0 Å². The molecule has 0 aliphatic heterocycles. The zero-order valence-corrected chi connectivity index (χ0v) is 21.0. The Morgan fingerprint density at radius 1 is 1.06 bits per heavy atom. The van der Waals surface area contributed by atoms with Gasteiger partial charge in [-0.05, 0) is 63.6 Å². The summed E-state index contributed by atoms with van der Waals surface area (Å²) in [5.74, 6) is -3.71. The molecule has 1 fully saturated rings. The SMILES string of the molecule is CCCCC(CC[C@H](C)c1cc(OCC)c(C)c(OCC)c1)C(=O)NC1(C(=O)O)CC(F)(F)C1. The monoisotopic (exact) mass is 483 g/mol. The molecule has 34 heavy (non-hydrogen) atoms. The minimum atomic E-state index is -3.05. The summed E-state index contributed by atoms with van der Waals surface area (Å²) in [6.45, 7) is 11.0. The third-order valence-corrected chi connectivity index (χ3v) is 6.62. The number of amides is 1. The van der Waals surface area contributed by atoms with Crippen LogP contribution in [0.3, 0.4) is 0 Å². The molecule has 8 heteroatoms. The highest BCUT2D eigenvalue weighted by Gasteiger charge is 2.62. The third kappa shape index (κ3) is 6.83. The van der Waals surface area contributed by atoms with E-state index in [1.54, 1.807) is 0 Å². The lowest BCUT2D eigenvalue weighted by molar-refractivity contribution is -0.180. The highest BCUT2D eigenvalue weighted by molar-refractivity contribution is 5.89. The van der Waals surface area contributed by atoms with E-state index in [0.29, 0.717) is 32.5 Å². The van der Waals surface area contributed by atoms with Crippen LogP contribution in [0.25, 0.3) is 0 Å². The van der Waals surface area contributed by atoms with Gasteiger partial charge >= 0.3 is 5.97 Å². The van der Waals surface area contributed by atoms with Crippen LogP contribution in [0.4, 0.5) is 8.78 Å². The number of unbranched alkanes of at least 4 members (excludes halogenated alkanes) is 1. The van der Waals surface area contributed by atoms with Gasteiger partial charge in [0.2, 0.25) is 5.91 Å². The maximum atomic E-state index is 13.5. The van der Waals surface area contributed by atoms with E-state index in [2.05, 4.69) is 12.2 Å². The van der Waals surface area contributed by atoms with Gasteiger partial charge in [0, 0.05) is 24.3 Å². The number of carbonyl (C=O) groups is 2. The van der Waals surface area contributed by atoms with Crippen LogP contribution in [0.5, 0.6) is 11.5 Å². The molecule has 6 nitrogen and oxygen atoms in total. The summed E-state index contributed by atoms with van der Waals surface area (Å²) < 4.78 is 38.5. The van der Waals surface area contributed by atoms with Crippen molar-refractivity contribution >= 4 is 11.9 Å². The van der Waals surface area contributed by atoms with E-state index < -0.39 is 42.1 Å². The minimum absolute atomic E-state index is 0.0948. The van der Waals surface area contributed by atoms with Crippen LogP contribution in [0.15, 0.2) is 12.1 Å². The van der Waals surface area contributed by atoms with Crippen molar-refractivity contribution in [2.75, 3.05) is 13.2 Å². The molecule has 2 N–H and O–H groups in total. The van der Waals surface area contributed by atoms with Crippen LogP contribution in [0.2, 0.25) is 0 Å². The number of ether oxygens (including phenoxy) is 2. The molecule has 0 heterocycles. The summed E-state index contributed by atoms with van der Waals surface area (Å²) in [7, 11) is 0. The van der Waals surface area contributed by atoms with Gasteiger partial charge in [-0.3, -0.25) is 4.79 Å². The molecule has 2 atom stereocenters. The van der Waals surface area contributed by atoms with Crippen molar-refractivity contribution in [3.8, 4) is 11.5 Å². The van der Waals surface area contributed by atoms with Gasteiger partial charge in [0.25, 0.3) is 5.92 Å². The molecule has 1 saturated carbocycles. The van der Waals surface area contributed by atoms with Crippen LogP contribution in [0, 0.1) is 12.8 Å². The summed E-state index contributed by atoms with van der Waals surface area (Å²) in [6, 6.07) is 4.01. The lowest BCUT2D eigenvalue weighted by Gasteiger charge is -2.44. The van der Waals surface area contributed by atoms with Crippen LogP contribution < -0.4 is 14.8 Å². The Morgan fingerprint density at radius 3 is 2.06 bits per heavy atom. The zero-order chi connectivity index (χ0) is 25.5. The summed E-state index contributed by atoms with van der Waals surface area (Å²) in [4.78, 5) is 24.6. The van der Waals surface area contributed by atoms with Gasteiger partial charge in [-0.1, -0.05) is 26.7 Å². The van der Waals surface area contributed by atoms with Crippen LogP contribution >= 0.6 is 0 Å². The number of benzene rings is 1. The first-order valence-electron chi connectivity index (χ1n) is 12.3. The second-order valence-electron chi connectivity index (χ2n) is 9.41. The molecule has 1 amide bonds. The largest absolute Gasteiger partial charge is 0.493 e. The molecule has 0 aromatic heterocycles. The summed E-state index contributed by atoms with van der Waals surface area (Å²) >= 11 is 0. The number of carboxylic acids is 1. The van der Waals surface area contributed by atoms with E-state index >= 15 is 0 Å². The fourth-order valence-electron chi connectivity index (χ4n) is 4.51. The zero-order valence-electron chi connectivity index (χ0n) is 21.0. The van der Waals surface area contributed by atoms with Crippen molar-refractivity contribution in [3.63, 3.8) is 0 Å². The molecule has 0 bridgehead atoms. The van der Waals surface area contributed by atoms with Crippen molar-refractivity contribution in [1.82, 2.24) is 5.32 Å². The predicted octanol–water partition coefficient (Wildman–Crippen LogP) is 5.85. The number of halogens is 2. The van der Waals surface area contributed by atoms with Gasteiger partial charge in [0.1, 0.15) is 17.0 Å². The fourth-order valence-corrected chi connectivity index (χ4v) is 4.51. The summed E-state index contributed by atoms with van der Waals surface area (Å²) in [5.41, 5.74) is 0.107. The van der Waals surface area contributed by atoms with E-state index in [4.69, 9.17) is 9.47 Å². The fraction of sp³-hybridized carbons (Fsp3) is 0.692. The number of alkyl halides is 2. The molecule has 1 aromatic rings. The van der Waals surface area contributed by atoms with Crippen molar-refractivity contribution in [2.24, 2.45) is 5.92 Å². The van der Waals surface area contributed by atoms with E-state index in [9.17, 15) is 23.5 Å². The molecule has 1 aliphatic carbocycles. The van der Waals surface area contributed by atoms with Gasteiger partial charge in [0.15, 0.2) is 0 Å². The Balaban J connectivity index is 2.13. The Hall–Kier alpha value is -2.38. The van der Waals surface area contributed by atoms with Crippen LogP contribution in [-0.2, 0) is 9.59 Å². The van der Waals surface area contributed by atoms with Gasteiger partial charge in [-0.2, -0.15) is 0 Å². The van der Waals surface area contributed by atoms with Crippen molar-refractivity contribution in [3.05, 3.63) is 23.3 Å². The highest BCUT2D eigenvalue weighted by Crippen LogP contribution is 2.46. The number of nitrogens with one attached hydrogen (secondary N) is 1. The van der Waals surface area contributed by atoms with Gasteiger partial charge in [0.05, 0.1) is 13.2 Å². The molecule has 1 unspecified atom stereocenters. The Labute approximate surface area is 201 Å². The number of carbonyl (C=O) groups excluding carboxylic acids is 1. The second kappa shape index (κ2) is 11.8. The number of rotatable bonds is 14. The van der Waals surface area contributed by atoms with E-state index in [1.807, 2.05) is 39.8 Å². The molecule has 1 aromatic carbocycles. The molecular formula is C26H39F2NO5. The summed E-state index contributed by atoms with van der Waals surface area (Å²) in [6.07, 6.45) is 1.76. The summed E-state index contributed by atoms with van der Waals surface area (Å²) in [5, 5.41) is 11.9. The highest BCUT2D eigenvalue weighted by atomic mass is 19.3. The topological polar surface area (TPSA) is 84.9 Å². The minimum Gasteiger partial charge on any atom is -0.493 e.